The van der Waals surface area contributed by atoms with E-state index in [1.165, 1.54) is 0 Å². The van der Waals surface area contributed by atoms with E-state index in [0.29, 0.717) is 5.92 Å². The van der Waals surface area contributed by atoms with Crippen LogP contribution >= 0.6 is 12.4 Å². The highest BCUT2D eigenvalue weighted by Gasteiger charge is 2.16. The highest BCUT2D eigenvalue weighted by Crippen LogP contribution is 2.17. The maximum absolute atomic E-state index is 11.9. The lowest BCUT2D eigenvalue weighted by Crippen LogP contribution is -2.37. The molecule has 0 aliphatic rings. The molecule has 6 heteroatoms. The van der Waals surface area contributed by atoms with Crippen molar-refractivity contribution in [3.63, 3.8) is 0 Å². The van der Waals surface area contributed by atoms with E-state index in [4.69, 9.17) is 5.73 Å². The molecule has 104 valence electrons. The third-order valence-corrected chi connectivity index (χ3v) is 4.17. The van der Waals surface area contributed by atoms with E-state index in [2.05, 4.69) is 18.6 Å². The molecule has 1 rings (SSSR count). The third-order valence-electron chi connectivity index (χ3n) is 2.57. The molecule has 1 aromatic carbocycles. The van der Waals surface area contributed by atoms with Gasteiger partial charge in [-0.1, -0.05) is 26.0 Å². The zero-order valence-corrected chi connectivity index (χ0v) is 12.5. The zero-order valence-electron chi connectivity index (χ0n) is 10.9. The minimum absolute atomic E-state index is 0. The lowest BCUT2D eigenvalue weighted by atomic mass is 10.0. The Kier molecular flexibility index (Phi) is 6.84. The summed E-state index contributed by atoms with van der Waals surface area (Å²) in [5, 5.41) is 0. The number of halogens is 1. The van der Waals surface area contributed by atoms with Crippen molar-refractivity contribution in [2.75, 3.05) is 6.54 Å². The number of nitrogens with one attached hydrogen (secondary N) is 1. The topological polar surface area (TPSA) is 72.2 Å². The maximum atomic E-state index is 11.9. The van der Waals surface area contributed by atoms with Crippen LogP contribution in [0.5, 0.6) is 0 Å². The molecule has 0 aliphatic carbocycles. The Hall–Kier alpha value is -0.620. The van der Waals surface area contributed by atoms with Crippen molar-refractivity contribution in [1.82, 2.24) is 4.72 Å². The van der Waals surface area contributed by atoms with E-state index >= 15 is 0 Å². The van der Waals surface area contributed by atoms with E-state index in [-0.39, 0.29) is 29.9 Å². The molecular formula is C12H21ClN2O2S. The van der Waals surface area contributed by atoms with Gasteiger partial charge in [-0.3, -0.25) is 0 Å². The number of hydrogen-bond donors (Lipinski definition) is 2. The van der Waals surface area contributed by atoms with Crippen molar-refractivity contribution >= 4 is 22.4 Å². The normalized spacial score (nSPS) is 13.2. The van der Waals surface area contributed by atoms with Crippen molar-refractivity contribution < 1.29 is 8.42 Å². The Morgan fingerprint density at radius 3 is 2.06 bits per heavy atom. The summed E-state index contributed by atoms with van der Waals surface area (Å²) in [5.74, 6) is 0.391. The van der Waals surface area contributed by atoms with Crippen molar-refractivity contribution in [3.8, 4) is 0 Å². The number of rotatable bonds is 5. The molecule has 0 saturated heterocycles. The standard InChI is InChI=1S/C12H20N2O2S.ClH/c1-9(2)11-4-6-12(7-5-11)17(15,16)14-10(3)8-13;/h4-7,9-10,14H,8,13H2,1-3H3;1H/t10-;/m0./s1. The van der Waals surface area contributed by atoms with Crippen LogP contribution in [0.2, 0.25) is 0 Å². The lowest BCUT2D eigenvalue weighted by Gasteiger charge is -2.12. The Morgan fingerprint density at radius 1 is 1.17 bits per heavy atom. The van der Waals surface area contributed by atoms with Gasteiger partial charge in [0.15, 0.2) is 0 Å². The molecule has 0 amide bonds. The summed E-state index contributed by atoms with van der Waals surface area (Å²) in [6.45, 7) is 6.15. The van der Waals surface area contributed by atoms with Gasteiger partial charge in [0.1, 0.15) is 0 Å². The molecule has 0 radical (unpaired) electrons. The van der Waals surface area contributed by atoms with E-state index in [0.717, 1.165) is 5.56 Å². The molecular weight excluding hydrogens is 272 g/mol. The Morgan fingerprint density at radius 2 is 1.67 bits per heavy atom. The van der Waals surface area contributed by atoms with Gasteiger partial charge in [-0.2, -0.15) is 0 Å². The van der Waals surface area contributed by atoms with Gasteiger partial charge in [0.2, 0.25) is 10.0 Å². The van der Waals surface area contributed by atoms with E-state index < -0.39 is 10.0 Å². The molecule has 0 bridgehead atoms. The van der Waals surface area contributed by atoms with Crippen LogP contribution in [0.25, 0.3) is 0 Å². The fourth-order valence-corrected chi connectivity index (χ4v) is 2.67. The van der Waals surface area contributed by atoms with Crippen LogP contribution in [-0.2, 0) is 10.0 Å². The Labute approximate surface area is 115 Å². The molecule has 0 heterocycles. The largest absolute Gasteiger partial charge is 0.329 e. The molecule has 0 aromatic heterocycles. The van der Waals surface area contributed by atoms with Crippen LogP contribution in [0.1, 0.15) is 32.3 Å². The number of hydrogen-bond acceptors (Lipinski definition) is 3. The monoisotopic (exact) mass is 292 g/mol. The second kappa shape index (κ2) is 7.09. The molecule has 0 spiro atoms. The van der Waals surface area contributed by atoms with Gasteiger partial charge in [-0.25, -0.2) is 13.1 Å². The smallest absolute Gasteiger partial charge is 0.240 e. The number of benzene rings is 1. The fraction of sp³-hybridized carbons (Fsp3) is 0.500. The third kappa shape index (κ3) is 4.57. The van der Waals surface area contributed by atoms with E-state index in [9.17, 15) is 8.42 Å². The van der Waals surface area contributed by atoms with Gasteiger partial charge in [0.05, 0.1) is 4.90 Å². The quantitative estimate of drug-likeness (QED) is 0.870. The van der Waals surface area contributed by atoms with E-state index in [1.807, 2.05) is 12.1 Å². The number of nitrogens with two attached hydrogens (primary N) is 1. The molecule has 18 heavy (non-hydrogen) atoms. The first-order chi connectivity index (χ1) is 7.86. The molecule has 0 unspecified atom stereocenters. The van der Waals surface area contributed by atoms with Crippen LogP contribution in [0.15, 0.2) is 29.2 Å². The van der Waals surface area contributed by atoms with Crippen LogP contribution in [0.4, 0.5) is 0 Å². The van der Waals surface area contributed by atoms with Gasteiger partial charge in [0.25, 0.3) is 0 Å². The van der Waals surface area contributed by atoms with Crippen LogP contribution in [-0.4, -0.2) is 21.0 Å². The molecule has 0 fully saturated rings. The summed E-state index contributed by atoms with van der Waals surface area (Å²) in [6.07, 6.45) is 0. The molecule has 0 saturated carbocycles. The SMILES string of the molecule is CC(C)c1ccc(S(=O)(=O)N[C@@H](C)CN)cc1.Cl. The molecule has 1 aromatic rings. The van der Waals surface area contributed by atoms with Gasteiger partial charge >= 0.3 is 0 Å². The molecule has 1 atom stereocenters. The Balaban J connectivity index is 0.00000289. The van der Waals surface area contributed by atoms with Crippen LogP contribution in [0, 0.1) is 0 Å². The Bertz CT molecular complexity index is 457. The van der Waals surface area contributed by atoms with Gasteiger partial charge in [-0.05, 0) is 30.5 Å². The lowest BCUT2D eigenvalue weighted by molar-refractivity contribution is 0.562. The predicted molar refractivity (Wildman–Crippen MR) is 76.6 cm³/mol. The summed E-state index contributed by atoms with van der Waals surface area (Å²) in [4.78, 5) is 0.280. The molecule has 4 nitrogen and oxygen atoms in total. The first-order valence-corrected chi connectivity index (χ1v) is 7.17. The first-order valence-electron chi connectivity index (χ1n) is 5.69. The minimum atomic E-state index is -3.44. The first kappa shape index (κ1) is 17.4. The second-order valence-corrected chi connectivity index (χ2v) is 6.20. The second-order valence-electron chi connectivity index (χ2n) is 4.48. The van der Waals surface area contributed by atoms with E-state index in [1.54, 1.807) is 19.1 Å². The van der Waals surface area contributed by atoms with Gasteiger partial charge in [-0.15, -0.1) is 12.4 Å². The summed E-state index contributed by atoms with van der Waals surface area (Å²) >= 11 is 0. The average molecular weight is 293 g/mol. The average Bonchev–Trinajstić information content (AvgIpc) is 2.28. The van der Waals surface area contributed by atoms with Crippen molar-refractivity contribution in [3.05, 3.63) is 29.8 Å². The summed E-state index contributed by atoms with van der Waals surface area (Å²) < 4.78 is 26.4. The molecule has 0 aliphatic heterocycles. The maximum Gasteiger partial charge on any atom is 0.240 e. The predicted octanol–water partition coefficient (Wildman–Crippen LogP) is 1.86. The van der Waals surface area contributed by atoms with Gasteiger partial charge < -0.3 is 5.73 Å². The summed E-state index contributed by atoms with van der Waals surface area (Å²) in [7, 11) is -3.44. The van der Waals surface area contributed by atoms with Crippen molar-refractivity contribution in [2.24, 2.45) is 5.73 Å². The summed E-state index contributed by atoms with van der Waals surface area (Å²) in [5.41, 5.74) is 6.52. The van der Waals surface area contributed by atoms with Crippen LogP contribution < -0.4 is 10.5 Å². The highest BCUT2D eigenvalue weighted by molar-refractivity contribution is 7.89. The van der Waals surface area contributed by atoms with Crippen molar-refractivity contribution in [2.45, 2.75) is 37.6 Å². The van der Waals surface area contributed by atoms with Gasteiger partial charge in [0, 0.05) is 12.6 Å². The fourth-order valence-electron chi connectivity index (χ4n) is 1.41. The molecule has 3 N–H and O–H groups in total. The zero-order chi connectivity index (χ0) is 13.1. The minimum Gasteiger partial charge on any atom is -0.329 e. The number of sulfonamides is 1. The highest BCUT2D eigenvalue weighted by atomic mass is 35.5. The van der Waals surface area contributed by atoms with Crippen LogP contribution in [0.3, 0.4) is 0 Å². The summed E-state index contributed by atoms with van der Waals surface area (Å²) in [6, 6.07) is 6.67. The van der Waals surface area contributed by atoms with Crippen molar-refractivity contribution in [1.29, 1.82) is 0 Å².